The number of pyridine rings is 1. The highest BCUT2D eigenvalue weighted by Crippen LogP contribution is 2.23. The highest BCUT2D eigenvalue weighted by Gasteiger charge is 2.21. The van der Waals surface area contributed by atoms with E-state index in [9.17, 15) is 4.79 Å². The second kappa shape index (κ2) is 7.77. The molecule has 0 saturated carbocycles. The van der Waals surface area contributed by atoms with Gasteiger partial charge in [-0.2, -0.15) is 0 Å². The van der Waals surface area contributed by atoms with Crippen LogP contribution >= 0.6 is 15.9 Å². The molecule has 2 amide bonds. The summed E-state index contributed by atoms with van der Waals surface area (Å²) in [6.45, 7) is 6.03. The number of anilines is 1. The fourth-order valence-corrected chi connectivity index (χ4v) is 3.34. The van der Waals surface area contributed by atoms with Crippen LogP contribution in [0.3, 0.4) is 0 Å². The SMILES string of the molecule is Cc1ccc(NC(=O)N2CCN(Cc3ccccn3)CC2)c(Br)c1. The first kappa shape index (κ1) is 16.9. The fourth-order valence-electron chi connectivity index (χ4n) is 2.75. The molecular formula is C18H21BrN4O. The standard InChI is InChI=1S/C18H21BrN4O/c1-14-5-6-17(16(19)12-14)21-18(24)23-10-8-22(9-11-23)13-15-4-2-3-7-20-15/h2-7,12H,8-11,13H2,1H3,(H,21,24). The molecular weight excluding hydrogens is 368 g/mol. The largest absolute Gasteiger partial charge is 0.322 e. The lowest BCUT2D eigenvalue weighted by Gasteiger charge is -2.34. The zero-order valence-electron chi connectivity index (χ0n) is 13.7. The average molecular weight is 389 g/mol. The van der Waals surface area contributed by atoms with Gasteiger partial charge in [0.05, 0.1) is 11.4 Å². The molecule has 0 bridgehead atoms. The van der Waals surface area contributed by atoms with Crippen LogP contribution in [0.2, 0.25) is 0 Å². The van der Waals surface area contributed by atoms with Gasteiger partial charge in [0.1, 0.15) is 0 Å². The zero-order chi connectivity index (χ0) is 16.9. The Labute approximate surface area is 150 Å². The van der Waals surface area contributed by atoms with E-state index < -0.39 is 0 Å². The van der Waals surface area contributed by atoms with Gasteiger partial charge < -0.3 is 10.2 Å². The number of aryl methyl sites for hydroxylation is 1. The van der Waals surface area contributed by atoms with Crippen molar-refractivity contribution in [2.45, 2.75) is 13.5 Å². The van der Waals surface area contributed by atoms with Crippen molar-refractivity contribution in [3.05, 3.63) is 58.3 Å². The molecule has 2 heterocycles. The van der Waals surface area contributed by atoms with Crippen molar-refractivity contribution < 1.29 is 4.79 Å². The van der Waals surface area contributed by atoms with Crippen LogP contribution in [0.5, 0.6) is 0 Å². The van der Waals surface area contributed by atoms with Crippen LogP contribution in [-0.2, 0) is 6.54 Å². The third-order valence-electron chi connectivity index (χ3n) is 4.14. The molecule has 0 atom stereocenters. The van der Waals surface area contributed by atoms with E-state index >= 15 is 0 Å². The van der Waals surface area contributed by atoms with E-state index in [4.69, 9.17) is 0 Å². The van der Waals surface area contributed by atoms with E-state index in [1.54, 1.807) is 0 Å². The first-order valence-electron chi connectivity index (χ1n) is 8.06. The van der Waals surface area contributed by atoms with Gasteiger partial charge in [0.15, 0.2) is 0 Å². The number of hydrogen-bond acceptors (Lipinski definition) is 3. The minimum atomic E-state index is -0.0444. The molecule has 1 fully saturated rings. The molecule has 0 aliphatic carbocycles. The minimum absolute atomic E-state index is 0.0444. The number of nitrogens with zero attached hydrogens (tertiary/aromatic N) is 3. The summed E-state index contributed by atoms with van der Waals surface area (Å²) in [5.41, 5.74) is 3.03. The van der Waals surface area contributed by atoms with Crippen molar-refractivity contribution in [1.82, 2.24) is 14.8 Å². The molecule has 6 heteroatoms. The Hall–Kier alpha value is -1.92. The number of nitrogens with one attached hydrogen (secondary N) is 1. The quantitative estimate of drug-likeness (QED) is 0.874. The lowest BCUT2D eigenvalue weighted by atomic mass is 10.2. The number of carbonyl (C=O) groups is 1. The van der Waals surface area contributed by atoms with Crippen molar-refractivity contribution in [3.8, 4) is 0 Å². The van der Waals surface area contributed by atoms with Crippen LogP contribution in [0, 0.1) is 6.92 Å². The van der Waals surface area contributed by atoms with Crippen LogP contribution in [-0.4, -0.2) is 47.0 Å². The Bertz CT molecular complexity index is 699. The molecule has 1 aromatic carbocycles. The second-order valence-corrected chi connectivity index (χ2v) is 6.85. The molecule has 5 nitrogen and oxygen atoms in total. The molecule has 0 radical (unpaired) electrons. The van der Waals surface area contributed by atoms with Crippen LogP contribution in [0.1, 0.15) is 11.3 Å². The second-order valence-electron chi connectivity index (χ2n) is 6.00. The monoisotopic (exact) mass is 388 g/mol. The molecule has 1 saturated heterocycles. The normalized spacial score (nSPS) is 15.3. The van der Waals surface area contributed by atoms with Gasteiger partial charge in [0.2, 0.25) is 0 Å². The van der Waals surface area contributed by atoms with E-state index in [0.717, 1.165) is 54.1 Å². The van der Waals surface area contributed by atoms with Gasteiger partial charge in [-0.05, 0) is 52.7 Å². The molecule has 0 spiro atoms. The molecule has 126 valence electrons. The number of halogens is 1. The predicted octanol–water partition coefficient (Wildman–Crippen LogP) is 3.50. The Balaban J connectivity index is 1.51. The van der Waals surface area contributed by atoms with Gasteiger partial charge in [0, 0.05) is 43.4 Å². The molecule has 1 aliphatic heterocycles. The minimum Gasteiger partial charge on any atom is -0.322 e. The summed E-state index contributed by atoms with van der Waals surface area (Å²) < 4.78 is 0.907. The Morgan fingerprint density at radius 2 is 2.00 bits per heavy atom. The highest BCUT2D eigenvalue weighted by atomic mass is 79.9. The third-order valence-corrected chi connectivity index (χ3v) is 4.79. The number of benzene rings is 1. The van der Waals surface area contributed by atoms with Gasteiger partial charge in [-0.1, -0.05) is 12.1 Å². The molecule has 3 rings (SSSR count). The predicted molar refractivity (Wildman–Crippen MR) is 99.0 cm³/mol. The molecule has 0 unspecified atom stereocenters. The van der Waals surface area contributed by atoms with Crippen molar-refractivity contribution in [3.63, 3.8) is 0 Å². The van der Waals surface area contributed by atoms with E-state index in [2.05, 4.69) is 31.1 Å². The molecule has 1 aromatic heterocycles. The molecule has 1 N–H and O–H groups in total. The number of piperazine rings is 1. The summed E-state index contributed by atoms with van der Waals surface area (Å²) in [6.07, 6.45) is 1.82. The highest BCUT2D eigenvalue weighted by molar-refractivity contribution is 9.10. The fraction of sp³-hybridized carbons (Fsp3) is 0.333. The van der Waals surface area contributed by atoms with Crippen molar-refractivity contribution in [2.24, 2.45) is 0 Å². The topological polar surface area (TPSA) is 48.5 Å². The Morgan fingerprint density at radius 1 is 1.21 bits per heavy atom. The summed E-state index contributed by atoms with van der Waals surface area (Å²) in [7, 11) is 0. The van der Waals surface area contributed by atoms with Gasteiger partial charge in [-0.25, -0.2) is 4.79 Å². The summed E-state index contributed by atoms with van der Waals surface area (Å²) in [5, 5.41) is 2.98. The lowest BCUT2D eigenvalue weighted by molar-refractivity contribution is 0.142. The molecule has 1 aliphatic rings. The van der Waals surface area contributed by atoms with Crippen LogP contribution in [0.4, 0.5) is 10.5 Å². The maximum atomic E-state index is 12.4. The Morgan fingerprint density at radius 3 is 2.67 bits per heavy atom. The number of aromatic nitrogens is 1. The van der Waals surface area contributed by atoms with E-state index in [1.807, 2.05) is 54.4 Å². The van der Waals surface area contributed by atoms with Crippen LogP contribution < -0.4 is 5.32 Å². The summed E-state index contributed by atoms with van der Waals surface area (Å²) in [4.78, 5) is 21.0. The van der Waals surface area contributed by atoms with Gasteiger partial charge >= 0.3 is 6.03 Å². The first-order valence-corrected chi connectivity index (χ1v) is 8.85. The average Bonchev–Trinajstić information content (AvgIpc) is 2.59. The van der Waals surface area contributed by atoms with Crippen molar-refractivity contribution >= 4 is 27.6 Å². The summed E-state index contributed by atoms with van der Waals surface area (Å²) in [5.74, 6) is 0. The lowest BCUT2D eigenvalue weighted by Crippen LogP contribution is -2.49. The van der Waals surface area contributed by atoms with Crippen molar-refractivity contribution in [1.29, 1.82) is 0 Å². The van der Waals surface area contributed by atoms with Crippen molar-refractivity contribution in [2.75, 3.05) is 31.5 Å². The summed E-state index contributed by atoms with van der Waals surface area (Å²) in [6, 6.07) is 11.8. The number of urea groups is 1. The smallest absolute Gasteiger partial charge is 0.321 e. The molecule has 24 heavy (non-hydrogen) atoms. The van der Waals surface area contributed by atoms with E-state index in [0.29, 0.717) is 0 Å². The Kier molecular flexibility index (Phi) is 5.48. The van der Waals surface area contributed by atoms with Gasteiger partial charge in [-0.3, -0.25) is 9.88 Å². The number of amides is 2. The first-order chi connectivity index (χ1) is 11.6. The van der Waals surface area contributed by atoms with E-state index in [-0.39, 0.29) is 6.03 Å². The number of rotatable bonds is 3. The van der Waals surface area contributed by atoms with Gasteiger partial charge in [0.25, 0.3) is 0 Å². The number of hydrogen-bond donors (Lipinski definition) is 1. The zero-order valence-corrected chi connectivity index (χ0v) is 15.3. The van der Waals surface area contributed by atoms with Gasteiger partial charge in [-0.15, -0.1) is 0 Å². The van der Waals surface area contributed by atoms with Crippen LogP contribution in [0.25, 0.3) is 0 Å². The number of carbonyl (C=O) groups excluding carboxylic acids is 1. The molecule has 2 aromatic rings. The van der Waals surface area contributed by atoms with E-state index in [1.165, 1.54) is 0 Å². The maximum absolute atomic E-state index is 12.4. The maximum Gasteiger partial charge on any atom is 0.321 e. The summed E-state index contributed by atoms with van der Waals surface area (Å²) >= 11 is 3.50. The third kappa shape index (κ3) is 4.33. The van der Waals surface area contributed by atoms with Crippen LogP contribution in [0.15, 0.2) is 47.1 Å².